The van der Waals surface area contributed by atoms with Crippen molar-refractivity contribution < 1.29 is 19.2 Å². The Morgan fingerprint density at radius 3 is 1.79 bits per heavy atom. The summed E-state index contributed by atoms with van der Waals surface area (Å²) >= 11 is 1.08. The van der Waals surface area contributed by atoms with Crippen LogP contribution in [0.4, 0.5) is 0 Å². The van der Waals surface area contributed by atoms with E-state index in [0.717, 1.165) is 75.5 Å². The van der Waals surface area contributed by atoms with E-state index in [0.29, 0.717) is 20.5 Å². The van der Waals surface area contributed by atoms with Crippen LogP contribution in [-0.2, 0) is 0 Å². The van der Waals surface area contributed by atoms with Gasteiger partial charge in [-0.15, -0.1) is 11.3 Å². The highest BCUT2D eigenvalue weighted by Gasteiger charge is 2.46. The lowest BCUT2D eigenvalue weighted by Gasteiger charge is -2.36. The van der Waals surface area contributed by atoms with Crippen LogP contribution in [0.15, 0.2) is 6.07 Å². The Hall–Kier alpha value is -3.05. The van der Waals surface area contributed by atoms with Gasteiger partial charge in [-0.1, -0.05) is 38.5 Å². The molecule has 168 valence electrons. The second-order valence-electron chi connectivity index (χ2n) is 9.51. The highest BCUT2D eigenvalue weighted by Crippen LogP contribution is 2.46. The van der Waals surface area contributed by atoms with E-state index < -0.39 is 17.7 Å². The molecule has 6 rings (SSSR count). The molecule has 2 saturated carbocycles. The van der Waals surface area contributed by atoms with Crippen molar-refractivity contribution in [3.63, 3.8) is 0 Å². The normalized spacial score (nSPS) is 21.8. The van der Waals surface area contributed by atoms with Crippen LogP contribution >= 0.6 is 11.3 Å². The summed E-state index contributed by atoms with van der Waals surface area (Å²) in [7, 11) is 0. The molecular formula is C25H23N3O4S. The fraction of sp³-hybridized carbons (Fsp3) is 0.480. The molecule has 0 saturated heterocycles. The van der Waals surface area contributed by atoms with Gasteiger partial charge in [-0.25, -0.2) is 0 Å². The molecule has 0 atom stereocenters. The molecule has 33 heavy (non-hydrogen) atoms. The Morgan fingerprint density at radius 1 is 0.727 bits per heavy atom. The maximum atomic E-state index is 13.6. The molecule has 2 aromatic rings. The molecule has 0 spiro atoms. The molecule has 0 bridgehead atoms. The predicted octanol–water partition coefficient (Wildman–Crippen LogP) is 4.63. The number of carbonyl (C=O) groups is 4. The zero-order valence-corrected chi connectivity index (χ0v) is 19.0. The molecule has 8 heteroatoms. The maximum absolute atomic E-state index is 13.6. The number of carbonyl (C=O) groups excluding carboxylic acids is 4. The largest absolute Gasteiger partial charge is 0.271 e. The highest BCUT2D eigenvalue weighted by atomic mass is 32.1. The molecule has 7 nitrogen and oxygen atoms in total. The Labute approximate surface area is 194 Å². The number of hydrogen-bond donors (Lipinski definition) is 0. The van der Waals surface area contributed by atoms with Crippen LogP contribution in [0.1, 0.15) is 110 Å². The van der Waals surface area contributed by atoms with Crippen LogP contribution in [0.25, 0.3) is 10.8 Å². The summed E-state index contributed by atoms with van der Waals surface area (Å²) in [5, 5.41) is 10.6. The van der Waals surface area contributed by atoms with E-state index in [1.807, 2.05) is 0 Å². The van der Waals surface area contributed by atoms with Gasteiger partial charge in [-0.2, -0.15) is 5.26 Å². The minimum absolute atomic E-state index is 0.104. The lowest BCUT2D eigenvalue weighted by atomic mass is 9.86. The lowest BCUT2D eigenvalue weighted by Crippen LogP contribution is -2.48. The number of nitrogens with zero attached hydrogens (tertiary/aromatic N) is 3. The van der Waals surface area contributed by atoms with Gasteiger partial charge in [0.25, 0.3) is 23.6 Å². The number of amides is 4. The van der Waals surface area contributed by atoms with Crippen molar-refractivity contribution in [3.05, 3.63) is 32.5 Å². The molecule has 0 N–H and O–H groups in total. The highest BCUT2D eigenvalue weighted by molar-refractivity contribution is 7.18. The average molecular weight is 462 g/mol. The van der Waals surface area contributed by atoms with E-state index in [1.165, 1.54) is 15.9 Å². The number of thiophene rings is 1. The first-order chi connectivity index (χ1) is 16.0. The quantitative estimate of drug-likeness (QED) is 0.607. The average Bonchev–Trinajstić information content (AvgIpc) is 3.24. The molecule has 0 radical (unpaired) electrons. The van der Waals surface area contributed by atoms with Crippen molar-refractivity contribution in [2.45, 2.75) is 76.3 Å². The smallest absolute Gasteiger partial charge is 0.271 e. The van der Waals surface area contributed by atoms with Crippen molar-refractivity contribution in [2.75, 3.05) is 0 Å². The first-order valence-corrected chi connectivity index (χ1v) is 12.6. The van der Waals surface area contributed by atoms with Crippen LogP contribution in [0.2, 0.25) is 0 Å². The topological polar surface area (TPSA) is 98.6 Å². The first kappa shape index (κ1) is 20.5. The number of imide groups is 2. The third-order valence-corrected chi connectivity index (χ3v) is 8.86. The minimum Gasteiger partial charge on any atom is -0.271 e. The van der Waals surface area contributed by atoms with Crippen LogP contribution in [-0.4, -0.2) is 45.5 Å². The Morgan fingerprint density at radius 2 is 1.24 bits per heavy atom. The Kier molecular flexibility index (Phi) is 4.66. The van der Waals surface area contributed by atoms with Gasteiger partial charge in [-0.3, -0.25) is 29.0 Å². The lowest BCUT2D eigenvalue weighted by molar-refractivity contribution is 0.0488. The third-order valence-electron chi connectivity index (χ3n) is 7.69. The van der Waals surface area contributed by atoms with E-state index in [-0.39, 0.29) is 34.7 Å². The summed E-state index contributed by atoms with van der Waals surface area (Å²) in [6, 6.07) is 3.20. The van der Waals surface area contributed by atoms with Crippen molar-refractivity contribution >= 4 is 45.7 Å². The molecule has 1 aromatic heterocycles. The zero-order valence-electron chi connectivity index (χ0n) is 18.2. The summed E-state index contributed by atoms with van der Waals surface area (Å²) < 4.78 is 0. The molecule has 2 aliphatic heterocycles. The molecule has 4 aliphatic rings. The van der Waals surface area contributed by atoms with Gasteiger partial charge in [0.2, 0.25) is 0 Å². The molecule has 2 fully saturated rings. The predicted molar refractivity (Wildman–Crippen MR) is 121 cm³/mol. The maximum Gasteiger partial charge on any atom is 0.271 e. The number of rotatable bonds is 2. The van der Waals surface area contributed by atoms with Gasteiger partial charge < -0.3 is 0 Å². The van der Waals surface area contributed by atoms with Crippen LogP contribution in [0, 0.1) is 11.3 Å². The summed E-state index contributed by atoms with van der Waals surface area (Å²) in [6.45, 7) is 0. The van der Waals surface area contributed by atoms with E-state index >= 15 is 0 Å². The molecular weight excluding hydrogens is 438 g/mol. The fourth-order valence-electron chi connectivity index (χ4n) is 6.13. The summed E-state index contributed by atoms with van der Waals surface area (Å²) in [5.41, 5.74) is 0.540. The summed E-state index contributed by atoms with van der Waals surface area (Å²) in [6.07, 6.45) is 9.04. The standard InChI is InChI=1S/C25H23N3O4S/c26-12-13-11-16-18-19-17(13)23(30)28(15-9-5-2-6-10-15)25(32)21(19)33-20(18)24(31)27(22(16)29)14-7-3-1-4-8-14/h11,14-15H,1-10H2. The molecule has 2 aliphatic carbocycles. The molecule has 1 aromatic carbocycles. The number of nitriles is 1. The van der Waals surface area contributed by atoms with E-state index in [1.54, 1.807) is 0 Å². The molecule has 4 amide bonds. The van der Waals surface area contributed by atoms with E-state index in [9.17, 15) is 24.4 Å². The van der Waals surface area contributed by atoms with E-state index in [4.69, 9.17) is 0 Å². The second kappa shape index (κ2) is 7.49. The first-order valence-electron chi connectivity index (χ1n) is 11.8. The number of benzene rings is 1. The van der Waals surface area contributed by atoms with Gasteiger partial charge in [0, 0.05) is 22.9 Å². The van der Waals surface area contributed by atoms with Gasteiger partial charge in [-0.05, 0) is 31.7 Å². The zero-order chi connectivity index (χ0) is 22.9. The van der Waals surface area contributed by atoms with Crippen LogP contribution < -0.4 is 0 Å². The van der Waals surface area contributed by atoms with Crippen molar-refractivity contribution in [3.8, 4) is 6.07 Å². The van der Waals surface area contributed by atoms with Crippen molar-refractivity contribution in [1.82, 2.24) is 9.80 Å². The monoisotopic (exact) mass is 461 g/mol. The minimum atomic E-state index is -0.471. The van der Waals surface area contributed by atoms with Gasteiger partial charge in [0.15, 0.2) is 0 Å². The summed E-state index contributed by atoms with van der Waals surface area (Å²) in [4.78, 5) is 57.5. The fourth-order valence-corrected chi connectivity index (χ4v) is 7.32. The SMILES string of the molecule is N#Cc1cc2c3c(sc4c3c1C(=O)N(C1CCCCC1)C4=O)C(=O)N(C1CCCCC1)C2=O. The van der Waals surface area contributed by atoms with E-state index in [2.05, 4.69) is 6.07 Å². The number of hydrogen-bond acceptors (Lipinski definition) is 6. The van der Waals surface area contributed by atoms with Crippen LogP contribution in [0.5, 0.6) is 0 Å². The Bertz CT molecular complexity index is 1290. The molecule has 3 heterocycles. The second-order valence-corrected chi connectivity index (χ2v) is 10.5. The van der Waals surface area contributed by atoms with Crippen LogP contribution in [0.3, 0.4) is 0 Å². The van der Waals surface area contributed by atoms with Crippen molar-refractivity contribution in [2.24, 2.45) is 0 Å². The summed E-state index contributed by atoms with van der Waals surface area (Å²) in [5.74, 6) is -1.65. The van der Waals surface area contributed by atoms with Gasteiger partial charge in [0.05, 0.1) is 16.7 Å². The van der Waals surface area contributed by atoms with Gasteiger partial charge >= 0.3 is 0 Å². The molecule has 0 unspecified atom stereocenters. The van der Waals surface area contributed by atoms with Crippen molar-refractivity contribution in [1.29, 1.82) is 5.26 Å². The Balaban J connectivity index is 1.56. The third kappa shape index (κ3) is 2.78. The van der Waals surface area contributed by atoms with Gasteiger partial charge in [0.1, 0.15) is 15.8 Å².